The fourth-order valence-electron chi connectivity index (χ4n) is 2.15. The third-order valence-corrected chi connectivity index (χ3v) is 3.11. The average molecular weight is 345 g/mol. The van der Waals surface area contributed by atoms with Crippen LogP contribution in [0.3, 0.4) is 0 Å². The molecule has 0 radical (unpaired) electrons. The molecule has 25 heavy (non-hydrogen) atoms. The predicted octanol–water partition coefficient (Wildman–Crippen LogP) is 1.90. The van der Waals surface area contributed by atoms with Gasteiger partial charge in [-0.25, -0.2) is 0 Å². The standard InChI is InChI=1S/C17H15NO7/c1-9(19)25-13-4-2-3-11(7-13)18-17(24)14-8-12(20)5-10(16(14)23)6-15(21)22/h2-5,7-8,20,23H,6H2,1H3,(H,18,24)(H,21,22). The van der Waals surface area contributed by atoms with E-state index in [1.807, 2.05) is 0 Å². The van der Waals surface area contributed by atoms with Crippen LogP contribution < -0.4 is 10.1 Å². The second kappa shape index (κ2) is 7.35. The number of phenols is 2. The molecule has 0 aliphatic carbocycles. The van der Waals surface area contributed by atoms with Gasteiger partial charge in [-0.2, -0.15) is 0 Å². The maximum atomic E-state index is 12.3. The van der Waals surface area contributed by atoms with Gasteiger partial charge in [0.2, 0.25) is 0 Å². The molecule has 0 bridgehead atoms. The van der Waals surface area contributed by atoms with Crippen LogP contribution in [0.4, 0.5) is 5.69 Å². The molecule has 8 heteroatoms. The zero-order valence-corrected chi connectivity index (χ0v) is 13.1. The van der Waals surface area contributed by atoms with Gasteiger partial charge >= 0.3 is 11.9 Å². The van der Waals surface area contributed by atoms with E-state index in [2.05, 4.69) is 5.32 Å². The van der Waals surface area contributed by atoms with Crippen LogP contribution in [-0.4, -0.2) is 33.2 Å². The normalized spacial score (nSPS) is 10.1. The number of benzene rings is 2. The first-order valence-electron chi connectivity index (χ1n) is 7.12. The minimum absolute atomic E-state index is 0.0914. The molecule has 0 aromatic heterocycles. The first-order chi connectivity index (χ1) is 11.8. The minimum atomic E-state index is -1.22. The van der Waals surface area contributed by atoms with Gasteiger partial charge in [0.25, 0.3) is 5.91 Å². The maximum Gasteiger partial charge on any atom is 0.308 e. The Kier molecular flexibility index (Phi) is 5.23. The summed E-state index contributed by atoms with van der Waals surface area (Å²) in [6, 6.07) is 8.09. The molecule has 0 atom stereocenters. The van der Waals surface area contributed by atoms with E-state index in [1.54, 1.807) is 6.07 Å². The van der Waals surface area contributed by atoms with Crippen molar-refractivity contribution >= 4 is 23.5 Å². The number of carboxylic acids is 1. The lowest BCUT2D eigenvalue weighted by atomic mass is 10.0. The molecule has 0 spiro atoms. The zero-order chi connectivity index (χ0) is 18.6. The first-order valence-corrected chi connectivity index (χ1v) is 7.12. The van der Waals surface area contributed by atoms with E-state index in [-0.39, 0.29) is 28.3 Å². The number of anilines is 1. The highest BCUT2D eigenvalue weighted by molar-refractivity contribution is 6.07. The van der Waals surface area contributed by atoms with Gasteiger partial charge in [-0.05, 0) is 24.3 Å². The van der Waals surface area contributed by atoms with Crippen molar-refractivity contribution in [1.82, 2.24) is 0 Å². The van der Waals surface area contributed by atoms with E-state index < -0.39 is 30.0 Å². The number of carbonyl (C=O) groups is 3. The SMILES string of the molecule is CC(=O)Oc1cccc(NC(=O)c2cc(O)cc(CC(=O)O)c2O)c1. The number of hydrogen-bond donors (Lipinski definition) is 4. The molecular weight excluding hydrogens is 330 g/mol. The summed E-state index contributed by atoms with van der Waals surface area (Å²) in [6.45, 7) is 1.24. The van der Waals surface area contributed by atoms with Crippen molar-refractivity contribution in [3.63, 3.8) is 0 Å². The summed E-state index contributed by atoms with van der Waals surface area (Å²) in [7, 11) is 0. The van der Waals surface area contributed by atoms with E-state index in [1.165, 1.54) is 25.1 Å². The molecular formula is C17H15NO7. The van der Waals surface area contributed by atoms with E-state index in [0.29, 0.717) is 0 Å². The molecule has 4 N–H and O–H groups in total. The lowest BCUT2D eigenvalue weighted by molar-refractivity contribution is -0.136. The highest BCUT2D eigenvalue weighted by atomic mass is 16.5. The number of carboxylic acid groups (broad SMARTS) is 1. The predicted molar refractivity (Wildman–Crippen MR) is 86.8 cm³/mol. The molecule has 0 saturated heterocycles. The van der Waals surface area contributed by atoms with E-state index in [4.69, 9.17) is 9.84 Å². The Morgan fingerprint density at radius 1 is 1.12 bits per heavy atom. The van der Waals surface area contributed by atoms with Gasteiger partial charge in [0, 0.05) is 24.2 Å². The van der Waals surface area contributed by atoms with Crippen LogP contribution in [0.2, 0.25) is 0 Å². The Hall–Kier alpha value is -3.55. The Morgan fingerprint density at radius 3 is 2.48 bits per heavy atom. The lowest BCUT2D eigenvalue weighted by Crippen LogP contribution is -2.13. The molecule has 0 aliphatic heterocycles. The smallest absolute Gasteiger partial charge is 0.308 e. The lowest BCUT2D eigenvalue weighted by Gasteiger charge is -2.11. The highest BCUT2D eigenvalue weighted by Crippen LogP contribution is 2.29. The molecule has 0 saturated carbocycles. The molecule has 0 fully saturated rings. The van der Waals surface area contributed by atoms with Crippen molar-refractivity contribution in [3.05, 3.63) is 47.5 Å². The van der Waals surface area contributed by atoms with Crippen LogP contribution in [0.5, 0.6) is 17.2 Å². The number of phenolic OH excluding ortho intramolecular Hbond substituents is 2. The van der Waals surface area contributed by atoms with Crippen molar-refractivity contribution in [2.45, 2.75) is 13.3 Å². The van der Waals surface area contributed by atoms with Gasteiger partial charge in [0.15, 0.2) is 0 Å². The van der Waals surface area contributed by atoms with Crippen LogP contribution in [-0.2, 0) is 16.0 Å². The fraction of sp³-hybridized carbons (Fsp3) is 0.118. The van der Waals surface area contributed by atoms with Crippen LogP contribution in [0, 0.1) is 0 Å². The zero-order valence-electron chi connectivity index (χ0n) is 13.1. The monoisotopic (exact) mass is 345 g/mol. The average Bonchev–Trinajstić information content (AvgIpc) is 2.49. The molecule has 8 nitrogen and oxygen atoms in total. The third kappa shape index (κ3) is 4.71. The van der Waals surface area contributed by atoms with Gasteiger partial charge in [0.1, 0.15) is 17.2 Å². The molecule has 0 unspecified atom stereocenters. The fourth-order valence-corrected chi connectivity index (χ4v) is 2.15. The molecule has 2 rings (SSSR count). The number of aliphatic carboxylic acids is 1. The van der Waals surface area contributed by atoms with Crippen LogP contribution in [0.1, 0.15) is 22.8 Å². The molecule has 2 aromatic carbocycles. The molecule has 1 amide bonds. The van der Waals surface area contributed by atoms with Crippen LogP contribution in [0.25, 0.3) is 0 Å². The summed E-state index contributed by atoms with van der Waals surface area (Å²) in [6.07, 6.45) is -0.553. The second-order valence-corrected chi connectivity index (χ2v) is 5.15. The van der Waals surface area contributed by atoms with E-state index >= 15 is 0 Å². The van der Waals surface area contributed by atoms with Crippen molar-refractivity contribution in [1.29, 1.82) is 0 Å². The van der Waals surface area contributed by atoms with Crippen LogP contribution >= 0.6 is 0 Å². The second-order valence-electron chi connectivity index (χ2n) is 5.15. The van der Waals surface area contributed by atoms with E-state index in [0.717, 1.165) is 12.1 Å². The van der Waals surface area contributed by atoms with E-state index in [9.17, 15) is 24.6 Å². The number of amides is 1. The summed E-state index contributed by atoms with van der Waals surface area (Å²) in [5.74, 6) is -3.17. The number of rotatable bonds is 5. The summed E-state index contributed by atoms with van der Waals surface area (Å²) in [5, 5.41) is 31.0. The Labute approximate surface area is 142 Å². The summed E-state index contributed by atoms with van der Waals surface area (Å²) >= 11 is 0. The molecule has 130 valence electrons. The molecule has 0 aliphatic rings. The van der Waals surface area contributed by atoms with Crippen LogP contribution in [0.15, 0.2) is 36.4 Å². The topological polar surface area (TPSA) is 133 Å². The largest absolute Gasteiger partial charge is 0.508 e. The highest BCUT2D eigenvalue weighted by Gasteiger charge is 2.18. The van der Waals surface area contributed by atoms with Gasteiger partial charge in [-0.1, -0.05) is 6.07 Å². The Morgan fingerprint density at radius 2 is 1.84 bits per heavy atom. The van der Waals surface area contributed by atoms with Crippen molar-refractivity contribution in [3.8, 4) is 17.2 Å². The van der Waals surface area contributed by atoms with Gasteiger partial charge in [-0.15, -0.1) is 0 Å². The number of hydrogen-bond acceptors (Lipinski definition) is 6. The van der Waals surface area contributed by atoms with Gasteiger partial charge in [-0.3, -0.25) is 14.4 Å². The minimum Gasteiger partial charge on any atom is -0.508 e. The number of aromatic hydroxyl groups is 2. The molecule has 0 heterocycles. The quantitative estimate of drug-likeness (QED) is 0.369. The Bertz CT molecular complexity index is 845. The summed E-state index contributed by atoms with van der Waals surface area (Å²) < 4.78 is 4.90. The number of esters is 1. The number of carbonyl (C=O) groups excluding carboxylic acids is 2. The van der Waals surface area contributed by atoms with Crippen molar-refractivity contribution < 1.29 is 34.4 Å². The number of ether oxygens (including phenoxy) is 1. The van der Waals surface area contributed by atoms with Crippen molar-refractivity contribution in [2.24, 2.45) is 0 Å². The van der Waals surface area contributed by atoms with Gasteiger partial charge in [0.05, 0.1) is 12.0 Å². The third-order valence-electron chi connectivity index (χ3n) is 3.11. The maximum absolute atomic E-state index is 12.3. The Balaban J connectivity index is 2.28. The summed E-state index contributed by atoms with van der Waals surface area (Å²) in [5.41, 5.74) is -0.0910. The number of nitrogens with one attached hydrogen (secondary N) is 1. The van der Waals surface area contributed by atoms with Crippen molar-refractivity contribution in [2.75, 3.05) is 5.32 Å². The van der Waals surface area contributed by atoms with Gasteiger partial charge < -0.3 is 25.4 Å². The first kappa shape index (κ1) is 17.8. The summed E-state index contributed by atoms with van der Waals surface area (Å²) in [4.78, 5) is 34.1. The molecule has 2 aromatic rings.